The van der Waals surface area contributed by atoms with Crippen LogP contribution in [0.3, 0.4) is 0 Å². The number of ether oxygens (including phenoxy) is 2. The normalized spacial score (nSPS) is 13.8. The Morgan fingerprint density at radius 2 is 1.40 bits per heavy atom. The van der Waals surface area contributed by atoms with Crippen LogP contribution in [-0.4, -0.2) is 61.0 Å². The Kier molecular flexibility index (Phi) is 7.71. The van der Waals surface area contributed by atoms with Crippen LogP contribution in [0.2, 0.25) is 0 Å². The molecule has 0 N–H and O–H groups in total. The number of benzene rings is 2. The van der Waals surface area contributed by atoms with Crippen LogP contribution in [0.5, 0.6) is 11.5 Å². The molecule has 6 nitrogen and oxygen atoms in total. The lowest BCUT2D eigenvalue weighted by Gasteiger charge is -2.34. The molecule has 0 unspecified atom stereocenters. The highest BCUT2D eigenvalue weighted by Crippen LogP contribution is 2.22. The molecule has 1 heterocycles. The lowest BCUT2D eigenvalue weighted by molar-refractivity contribution is -0.140. The predicted octanol–water partition coefficient (Wildman–Crippen LogP) is 3.21. The molecule has 0 aromatic heterocycles. The van der Waals surface area contributed by atoms with Crippen LogP contribution in [0.15, 0.2) is 48.5 Å². The third-order valence-electron chi connectivity index (χ3n) is 5.28. The van der Waals surface area contributed by atoms with E-state index in [1.54, 1.807) is 4.90 Å². The molecule has 0 saturated carbocycles. The summed E-state index contributed by atoms with van der Waals surface area (Å²) in [7, 11) is 0. The highest BCUT2D eigenvalue weighted by atomic mass is 16.5. The van der Waals surface area contributed by atoms with E-state index in [0.717, 1.165) is 16.9 Å². The molecule has 2 amide bonds. The SMILES string of the molecule is Cc1cccc(C)c1OCCCC(=O)N1CCN(C(=O)COc2ccccc2)CC1. The zero-order chi connectivity index (χ0) is 21.3. The summed E-state index contributed by atoms with van der Waals surface area (Å²) in [6.07, 6.45) is 1.13. The van der Waals surface area contributed by atoms with Crippen molar-refractivity contribution in [3.63, 3.8) is 0 Å². The molecule has 1 fully saturated rings. The summed E-state index contributed by atoms with van der Waals surface area (Å²) in [5, 5.41) is 0. The Hall–Kier alpha value is -3.02. The Morgan fingerprint density at radius 3 is 2.03 bits per heavy atom. The first kappa shape index (κ1) is 21.7. The van der Waals surface area contributed by atoms with Gasteiger partial charge in [0.1, 0.15) is 11.5 Å². The fourth-order valence-electron chi connectivity index (χ4n) is 3.54. The number of hydrogen-bond acceptors (Lipinski definition) is 4. The summed E-state index contributed by atoms with van der Waals surface area (Å²) < 4.78 is 11.4. The van der Waals surface area contributed by atoms with E-state index in [4.69, 9.17) is 9.47 Å². The first-order chi connectivity index (χ1) is 14.5. The van der Waals surface area contributed by atoms with Gasteiger partial charge in [-0.15, -0.1) is 0 Å². The van der Waals surface area contributed by atoms with Gasteiger partial charge in [-0.25, -0.2) is 0 Å². The number of para-hydroxylation sites is 2. The van der Waals surface area contributed by atoms with Gasteiger partial charge < -0.3 is 19.3 Å². The molecule has 0 bridgehead atoms. The van der Waals surface area contributed by atoms with Crippen LogP contribution >= 0.6 is 0 Å². The van der Waals surface area contributed by atoms with Crippen molar-refractivity contribution in [1.82, 2.24) is 9.80 Å². The van der Waals surface area contributed by atoms with E-state index >= 15 is 0 Å². The van der Waals surface area contributed by atoms with Crippen molar-refractivity contribution in [3.8, 4) is 11.5 Å². The van der Waals surface area contributed by atoms with E-state index in [1.807, 2.05) is 67.3 Å². The molecule has 1 aliphatic rings. The topological polar surface area (TPSA) is 59.1 Å². The fraction of sp³-hybridized carbons (Fsp3) is 0.417. The molecule has 2 aromatic carbocycles. The van der Waals surface area contributed by atoms with Crippen molar-refractivity contribution in [2.75, 3.05) is 39.4 Å². The van der Waals surface area contributed by atoms with Gasteiger partial charge in [-0.05, 0) is 43.5 Å². The van der Waals surface area contributed by atoms with Gasteiger partial charge in [0.15, 0.2) is 6.61 Å². The summed E-state index contributed by atoms with van der Waals surface area (Å²) in [4.78, 5) is 28.4. The summed E-state index contributed by atoms with van der Waals surface area (Å²) >= 11 is 0. The van der Waals surface area contributed by atoms with Crippen molar-refractivity contribution < 1.29 is 19.1 Å². The molecular weight excluding hydrogens is 380 g/mol. The average molecular weight is 411 g/mol. The van der Waals surface area contributed by atoms with Crippen molar-refractivity contribution in [3.05, 3.63) is 59.7 Å². The van der Waals surface area contributed by atoms with Gasteiger partial charge >= 0.3 is 0 Å². The molecular formula is C24H30N2O4. The van der Waals surface area contributed by atoms with E-state index in [2.05, 4.69) is 0 Å². The van der Waals surface area contributed by atoms with Crippen LogP contribution in [0.1, 0.15) is 24.0 Å². The number of rotatable bonds is 8. The molecule has 0 radical (unpaired) electrons. The smallest absolute Gasteiger partial charge is 0.260 e. The molecule has 0 spiro atoms. The third-order valence-corrected chi connectivity index (χ3v) is 5.28. The van der Waals surface area contributed by atoms with Crippen molar-refractivity contribution in [2.24, 2.45) is 0 Å². The van der Waals surface area contributed by atoms with Gasteiger partial charge in [-0.1, -0.05) is 36.4 Å². The maximum atomic E-state index is 12.5. The Labute approximate surface area is 178 Å². The lowest BCUT2D eigenvalue weighted by atomic mass is 10.1. The predicted molar refractivity (Wildman–Crippen MR) is 116 cm³/mol. The van der Waals surface area contributed by atoms with Crippen molar-refractivity contribution >= 4 is 11.8 Å². The van der Waals surface area contributed by atoms with Crippen LogP contribution in [0, 0.1) is 13.8 Å². The molecule has 3 rings (SSSR count). The minimum atomic E-state index is -0.0482. The van der Waals surface area contributed by atoms with Gasteiger partial charge in [0, 0.05) is 32.6 Å². The zero-order valence-electron chi connectivity index (χ0n) is 17.8. The van der Waals surface area contributed by atoms with E-state index in [0.29, 0.717) is 51.4 Å². The van der Waals surface area contributed by atoms with Gasteiger partial charge in [0.2, 0.25) is 5.91 Å². The molecule has 1 aliphatic heterocycles. The Morgan fingerprint density at radius 1 is 0.800 bits per heavy atom. The van der Waals surface area contributed by atoms with Crippen LogP contribution in [0.4, 0.5) is 0 Å². The number of nitrogens with zero attached hydrogens (tertiary/aromatic N) is 2. The van der Waals surface area contributed by atoms with E-state index in [1.165, 1.54) is 0 Å². The van der Waals surface area contributed by atoms with E-state index < -0.39 is 0 Å². The zero-order valence-corrected chi connectivity index (χ0v) is 17.8. The van der Waals surface area contributed by atoms with Gasteiger partial charge in [-0.2, -0.15) is 0 Å². The van der Waals surface area contributed by atoms with Gasteiger partial charge in [-0.3, -0.25) is 9.59 Å². The lowest BCUT2D eigenvalue weighted by Crippen LogP contribution is -2.51. The molecule has 2 aromatic rings. The summed E-state index contributed by atoms with van der Waals surface area (Å²) in [6.45, 7) is 6.81. The maximum Gasteiger partial charge on any atom is 0.260 e. The minimum Gasteiger partial charge on any atom is -0.493 e. The standard InChI is InChI=1S/C24H30N2O4/c1-19-8-6-9-20(2)24(19)29-17-7-12-22(27)25-13-15-26(16-14-25)23(28)18-30-21-10-4-3-5-11-21/h3-6,8-11H,7,12-18H2,1-2H3. The summed E-state index contributed by atoms with van der Waals surface area (Å²) in [6, 6.07) is 15.4. The second-order valence-electron chi connectivity index (χ2n) is 7.54. The van der Waals surface area contributed by atoms with E-state index in [-0.39, 0.29) is 18.4 Å². The molecule has 6 heteroatoms. The number of carbonyl (C=O) groups excluding carboxylic acids is 2. The van der Waals surface area contributed by atoms with E-state index in [9.17, 15) is 9.59 Å². The van der Waals surface area contributed by atoms with Gasteiger partial charge in [0.05, 0.1) is 6.61 Å². The monoisotopic (exact) mass is 410 g/mol. The number of aryl methyl sites for hydroxylation is 2. The third kappa shape index (κ3) is 5.99. The molecule has 1 saturated heterocycles. The first-order valence-corrected chi connectivity index (χ1v) is 10.5. The van der Waals surface area contributed by atoms with Crippen molar-refractivity contribution in [1.29, 1.82) is 0 Å². The summed E-state index contributed by atoms with van der Waals surface area (Å²) in [5.74, 6) is 1.67. The van der Waals surface area contributed by atoms with Crippen LogP contribution in [-0.2, 0) is 9.59 Å². The number of amides is 2. The highest BCUT2D eigenvalue weighted by Gasteiger charge is 2.24. The minimum absolute atomic E-state index is 0.0214. The molecule has 0 aliphatic carbocycles. The second-order valence-corrected chi connectivity index (χ2v) is 7.54. The Balaban J connectivity index is 1.34. The maximum absolute atomic E-state index is 12.5. The van der Waals surface area contributed by atoms with Crippen molar-refractivity contribution in [2.45, 2.75) is 26.7 Å². The molecule has 160 valence electrons. The average Bonchev–Trinajstić information content (AvgIpc) is 2.77. The second kappa shape index (κ2) is 10.7. The Bertz CT molecular complexity index is 825. The largest absolute Gasteiger partial charge is 0.493 e. The first-order valence-electron chi connectivity index (χ1n) is 10.5. The number of hydrogen-bond donors (Lipinski definition) is 0. The molecule has 30 heavy (non-hydrogen) atoms. The summed E-state index contributed by atoms with van der Waals surface area (Å²) in [5.41, 5.74) is 2.22. The highest BCUT2D eigenvalue weighted by molar-refractivity contribution is 5.79. The van der Waals surface area contributed by atoms with Gasteiger partial charge in [0.25, 0.3) is 5.91 Å². The van der Waals surface area contributed by atoms with Crippen LogP contribution < -0.4 is 9.47 Å². The number of piperazine rings is 1. The molecule has 0 atom stereocenters. The number of carbonyl (C=O) groups is 2. The van der Waals surface area contributed by atoms with Crippen LogP contribution in [0.25, 0.3) is 0 Å². The quantitative estimate of drug-likeness (QED) is 0.627. The fourth-order valence-corrected chi connectivity index (χ4v) is 3.54.